The Hall–Kier alpha value is -4.49. The molecule has 0 saturated carbocycles. The topological polar surface area (TPSA) is 125 Å². The second-order valence-corrected chi connectivity index (χ2v) is 9.10. The molecule has 1 fully saturated rings. The summed E-state index contributed by atoms with van der Waals surface area (Å²) in [6, 6.07) is -0.151. The maximum absolute atomic E-state index is 13.3. The van der Waals surface area contributed by atoms with E-state index in [0.717, 1.165) is 0 Å². The molecule has 0 aliphatic carbocycles. The lowest BCUT2D eigenvalue weighted by molar-refractivity contribution is -0.118. The van der Waals surface area contributed by atoms with Gasteiger partial charge in [-0.05, 0) is 25.8 Å². The largest absolute Gasteiger partial charge is 0.332 e. The molecular formula is C24H26F2N10O2. The van der Waals surface area contributed by atoms with Crippen molar-refractivity contribution in [2.45, 2.75) is 38.3 Å². The molecule has 2 amide bonds. The molecule has 0 unspecified atom stereocenters. The molecule has 14 heteroatoms. The first-order chi connectivity index (χ1) is 18.2. The Morgan fingerprint density at radius 3 is 2.61 bits per heavy atom. The number of aromatic nitrogens is 6. The molecular weight excluding hydrogens is 498 g/mol. The molecule has 198 valence electrons. The Morgan fingerprint density at radius 1 is 1.16 bits per heavy atom. The van der Waals surface area contributed by atoms with Crippen molar-refractivity contribution < 1.29 is 18.4 Å². The number of carbonyl (C=O) groups is 2. The number of halogens is 2. The van der Waals surface area contributed by atoms with Crippen LogP contribution >= 0.6 is 0 Å². The fraction of sp³-hybridized carbons (Fsp3) is 0.375. The highest BCUT2D eigenvalue weighted by molar-refractivity contribution is 6.02. The summed E-state index contributed by atoms with van der Waals surface area (Å²) in [6.45, 7) is 6.00. The third kappa shape index (κ3) is 4.31. The maximum atomic E-state index is 13.3. The van der Waals surface area contributed by atoms with E-state index in [2.05, 4.69) is 36.8 Å². The van der Waals surface area contributed by atoms with E-state index in [4.69, 9.17) is 0 Å². The molecule has 0 radical (unpaired) electrons. The normalized spacial score (nSPS) is 18.3. The van der Waals surface area contributed by atoms with Crippen LogP contribution in [0.3, 0.4) is 0 Å². The van der Waals surface area contributed by atoms with E-state index in [0.29, 0.717) is 36.6 Å². The number of nitrogens with zero attached hydrogens (tertiary/aromatic N) is 9. The van der Waals surface area contributed by atoms with Gasteiger partial charge < -0.3 is 19.7 Å². The molecule has 5 rings (SSSR count). The lowest BCUT2D eigenvalue weighted by atomic mass is 10.2. The molecule has 1 saturated heterocycles. The van der Waals surface area contributed by atoms with Crippen LogP contribution in [0.1, 0.15) is 36.3 Å². The Balaban J connectivity index is 1.32. The zero-order chi connectivity index (χ0) is 27.1. The monoisotopic (exact) mass is 524 g/mol. The van der Waals surface area contributed by atoms with Crippen molar-refractivity contribution in [2.24, 2.45) is 0 Å². The van der Waals surface area contributed by atoms with E-state index in [-0.39, 0.29) is 29.2 Å². The Labute approximate surface area is 217 Å². The minimum absolute atomic E-state index is 0.230. The number of hydrogen-bond donors (Lipinski definition) is 1. The Kier molecular flexibility index (Phi) is 6.46. The number of rotatable bonds is 6. The highest BCUT2D eigenvalue weighted by Gasteiger charge is 2.35. The van der Waals surface area contributed by atoms with Gasteiger partial charge >= 0.3 is 0 Å². The first kappa shape index (κ1) is 25.2. The summed E-state index contributed by atoms with van der Waals surface area (Å²) in [5, 5.41) is 2.74. The SMILES string of the molecule is C=C1N(C)C(=O)c2c(ncn2[C@@H](C)C(=O)Nc2ccnc(-c3cnc(N4CCC[C@@H]4C(F)F)nc3)n2)N1C. The quantitative estimate of drug-likeness (QED) is 0.518. The fourth-order valence-corrected chi connectivity index (χ4v) is 4.53. The lowest BCUT2D eigenvalue weighted by Crippen LogP contribution is -2.41. The summed E-state index contributed by atoms with van der Waals surface area (Å²) >= 11 is 0. The van der Waals surface area contributed by atoms with Gasteiger partial charge in [-0.2, -0.15) is 0 Å². The second kappa shape index (κ2) is 9.76. The zero-order valence-electron chi connectivity index (χ0n) is 21.0. The van der Waals surface area contributed by atoms with Crippen molar-refractivity contribution in [1.82, 2.24) is 34.4 Å². The molecule has 0 spiro atoms. The summed E-state index contributed by atoms with van der Waals surface area (Å²) in [5.74, 6) is 0.872. The minimum atomic E-state index is -2.47. The van der Waals surface area contributed by atoms with Gasteiger partial charge in [-0.25, -0.2) is 33.7 Å². The minimum Gasteiger partial charge on any atom is -0.332 e. The molecule has 38 heavy (non-hydrogen) atoms. The smallest absolute Gasteiger partial charge is 0.279 e. The van der Waals surface area contributed by atoms with Gasteiger partial charge in [0.1, 0.15) is 17.7 Å². The maximum Gasteiger partial charge on any atom is 0.279 e. The van der Waals surface area contributed by atoms with Crippen molar-refractivity contribution in [3.05, 3.63) is 49.1 Å². The van der Waals surface area contributed by atoms with E-state index >= 15 is 0 Å². The van der Waals surface area contributed by atoms with Gasteiger partial charge in [-0.3, -0.25) is 14.5 Å². The van der Waals surface area contributed by atoms with Crippen LogP contribution in [-0.2, 0) is 4.79 Å². The van der Waals surface area contributed by atoms with Crippen LogP contribution in [0.2, 0.25) is 0 Å². The first-order valence-corrected chi connectivity index (χ1v) is 12.0. The van der Waals surface area contributed by atoms with Gasteiger partial charge in [0.25, 0.3) is 12.3 Å². The second-order valence-electron chi connectivity index (χ2n) is 9.10. The van der Waals surface area contributed by atoms with E-state index < -0.39 is 24.4 Å². The van der Waals surface area contributed by atoms with Crippen LogP contribution in [0.25, 0.3) is 11.4 Å². The van der Waals surface area contributed by atoms with Gasteiger partial charge in [0.15, 0.2) is 17.3 Å². The van der Waals surface area contributed by atoms with Crippen LogP contribution in [-0.4, -0.2) is 79.3 Å². The average molecular weight is 525 g/mol. The van der Waals surface area contributed by atoms with Gasteiger partial charge in [-0.15, -0.1) is 0 Å². The van der Waals surface area contributed by atoms with E-state index in [1.165, 1.54) is 45.4 Å². The highest BCUT2D eigenvalue weighted by atomic mass is 19.3. The molecule has 2 aliphatic heterocycles. The number of amides is 2. The van der Waals surface area contributed by atoms with Crippen LogP contribution in [0.15, 0.2) is 43.4 Å². The number of carbonyl (C=O) groups excluding carboxylic acids is 2. The molecule has 3 aromatic rings. The first-order valence-electron chi connectivity index (χ1n) is 12.0. The van der Waals surface area contributed by atoms with Crippen molar-refractivity contribution in [2.75, 3.05) is 35.8 Å². The van der Waals surface area contributed by atoms with Crippen molar-refractivity contribution in [1.29, 1.82) is 0 Å². The van der Waals surface area contributed by atoms with Crippen LogP contribution < -0.4 is 15.1 Å². The van der Waals surface area contributed by atoms with E-state index in [1.54, 1.807) is 25.9 Å². The summed E-state index contributed by atoms with van der Waals surface area (Å²) in [4.78, 5) is 51.9. The van der Waals surface area contributed by atoms with Gasteiger partial charge in [0.2, 0.25) is 11.9 Å². The molecule has 5 heterocycles. The number of fused-ring (bicyclic) bond motifs is 1. The van der Waals surface area contributed by atoms with Crippen LogP contribution in [0, 0.1) is 0 Å². The molecule has 2 atom stereocenters. The number of imidazole rings is 1. The summed E-state index contributed by atoms with van der Waals surface area (Å²) in [5.41, 5.74) is 0.740. The summed E-state index contributed by atoms with van der Waals surface area (Å²) in [6.07, 6.45) is 4.43. The molecule has 0 aromatic carbocycles. The fourth-order valence-electron chi connectivity index (χ4n) is 4.53. The predicted octanol–water partition coefficient (Wildman–Crippen LogP) is 2.56. The standard InChI is InChI=1S/C24H26F2N10O2/c1-13(36-12-30-21-18(36)23(38)34(4)14(2)33(21)3)22(37)32-17-7-8-27-20(31-17)15-10-28-24(29-11-15)35-9-5-6-16(35)19(25)26/h7-8,10-13,16,19H,2,5-6,9H2,1,3-4H3,(H,27,31,32,37)/t13-,16+/m0/s1. The number of anilines is 3. The summed E-state index contributed by atoms with van der Waals surface area (Å²) < 4.78 is 28.1. The van der Waals surface area contributed by atoms with Crippen LogP contribution in [0.4, 0.5) is 26.4 Å². The number of hydrogen-bond acceptors (Lipinski definition) is 9. The van der Waals surface area contributed by atoms with Gasteiger partial charge in [0.05, 0.1) is 17.9 Å². The summed E-state index contributed by atoms with van der Waals surface area (Å²) in [7, 11) is 3.35. The Bertz CT molecular complexity index is 1390. The highest BCUT2D eigenvalue weighted by Crippen LogP contribution is 2.31. The molecule has 0 bridgehead atoms. The van der Waals surface area contributed by atoms with Crippen molar-refractivity contribution in [3.63, 3.8) is 0 Å². The number of alkyl halides is 2. The molecule has 1 N–H and O–H groups in total. The Morgan fingerprint density at radius 2 is 1.89 bits per heavy atom. The molecule has 12 nitrogen and oxygen atoms in total. The molecule has 3 aromatic heterocycles. The van der Waals surface area contributed by atoms with Crippen molar-refractivity contribution in [3.8, 4) is 11.4 Å². The average Bonchev–Trinajstić information content (AvgIpc) is 3.59. The molecule has 2 aliphatic rings. The van der Waals surface area contributed by atoms with Crippen molar-refractivity contribution >= 4 is 29.4 Å². The lowest BCUT2D eigenvalue weighted by Gasteiger charge is -2.33. The third-order valence-electron chi connectivity index (χ3n) is 6.82. The van der Waals surface area contributed by atoms with Crippen LogP contribution in [0.5, 0.6) is 0 Å². The number of nitrogens with one attached hydrogen (secondary N) is 1. The third-order valence-corrected chi connectivity index (χ3v) is 6.82. The van der Waals surface area contributed by atoms with Gasteiger partial charge in [-0.1, -0.05) is 6.58 Å². The van der Waals surface area contributed by atoms with Gasteiger partial charge in [0, 0.05) is 39.2 Å². The zero-order valence-corrected chi connectivity index (χ0v) is 21.0. The predicted molar refractivity (Wildman–Crippen MR) is 135 cm³/mol. The van der Waals surface area contributed by atoms with E-state index in [9.17, 15) is 18.4 Å². The van der Waals surface area contributed by atoms with E-state index in [1.807, 2.05) is 0 Å².